The van der Waals surface area contributed by atoms with Gasteiger partial charge in [0.05, 0.1) is 23.0 Å². The lowest BCUT2D eigenvalue weighted by atomic mass is 10.1. The van der Waals surface area contributed by atoms with Crippen LogP contribution in [0.25, 0.3) is 23.0 Å². The van der Waals surface area contributed by atoms with Gasteiger partial charge >= 0.3 is 0 Å². The van der Waals surface area contributed by atoms with Gasteiger partial charge in [-0.15, -0.1) is 0 Å². The standard InChI is InChI=1S/C23H19N3O/c1-4-21(13-20-8-6-5-7-16(20)2)26-23(14-22(25-26)17(3)27)19-11-9-18(15-24)10-12-19/h4-14H,1H2,2-3H3/b21-13+. The fourth-order valence-electron chi connectivity index (χ4n) is 2.79. The average Bonchev–Trinajstić information content (AvgIpc) is 3.13. The van der Waals surface area contributed by atoms with Crippen LogP contribution in [0.1, 0.15) is 34.1 Å². The number of rotatable bonds is 5. The number of nitrogens with zero attached hydrogens (tertiary/aromatic N) is 3. The smallest absolute Gasteiger partial charge is 0.180 e. The molecule has 1 heterocycles. The molecule has 2 aromatic carbocycles. The van der Waals surface area contributed by atoms with Crippen molar-refractivity contribution in [3.63, 3.8) is 0 Å². The molecule has 0 spiro atoms. The third-order valence-electron chi connectivity index (χ3n) is 4.33. The Morgan fingerprint density at radius 1 is 1.19 bits per heavy atom. The van der Waals surface area contributed by atoms with Crippen LogP contribution in [-0.4, -0.2) is 15.6 Å². The van der Waals surface area contributed by atoms with Crippen molar-refractivity contribution in [3.8, 4) is 17.3 Å². The number of allylic oxidation sites excluding steroid dienone is 2. The number of carbonyl (C=O) groups is 1. The number of aryl methyl sites for hydroxylation is 1. The van der Waals surface area contributed by atoms with Crippen LogP contribution in [0.15, 0.2) is 67.3 Å². The van der Waals surface area contributed by atoms with E-state index in [1.165, 1.54) is 6.92 Å². The Bertz CT molecular complexity index is 1080. The summed E-state index contributed by atoms with van der Waals surface area (Å²) in [6, 6.07) is 19.1. The Kier molecular flexibility index (Phi) is 5.14. The molecule has 4 nitrogen and oxygen atoms in total. The molecule has 3 aromatic rings. The minimum absolute atomic E-state index is 0.108. The second-order valence-corrected chi connectivity index (χ2v) is 6.20. The molecular formula is C23H19N3O. The Hall–Kier alpha value is -3.71. The Morgan fingerprint density at radius 2 is 1.89 bits per heavy atom. The van der Waals surface area contributed by atoms with Crippen LogP contribution in [-0.2, 0) is 0 Å². The van der Waals surface area contributed by atoms with Crippen molar-refractivity contribution >= 4 is 17.6 Å². The predicted molar refractivity (Wildman–Crippen MR) is 108 cm³/mol. The minimum atomic E-state index is -0.108. The highest BCUT2D eigenvalue weighted by Gasteiger charge is 2.15. The summed E-state index contributed by atoms with van der Waals surface area (Å²) in [5.74, 6) is -0.108. The summed E-state index contributed by atoms with van der Waals surface area (Å²) in [5, 5.41) is 13.5. The van der Waals surface area contributed by atoms with Gasteiger partial charge in [0.1, 0.15) is 5.69 Å². The molecule has 0 bridgehead atoms. The molecule has 27 heavy (non-hydrogen) atoms. The Balaban J connectivity index is 2.18. The van der Waals surface area contributed by atoms with Gasteiger partial charge in [0.25, 0.3) is 0 Å². The molecule has 0 saturated heterocycles. The highest BCUT2D eigenvalue weighted by atomic mass is 16.1. The van der Waals surface area contributed by atoms with Gasteiger partial charge in [0.2, 0.25) is 0 Å². The summed E-state index contributed by atoms with van der Waals surface area (Å²) in [7, 11) is 0. The number of carbonyl (C=O) groups excluding carboxylic acids is 1. The van der Waals surface area contributed by atoms with Crippen molar-refractivity contribution in [3.05, 3.63) is 89.6 Å². The maximum Gasteiger partial charge on any atom is 0.180 e. The van der Waals surface area contributed by atoms with E-state index in [0.717, 1.165) is 28.1 Å². The molecule has 0 amide bonds. The van der Waals surface area contributed by atoms with Crippen LogP contribution in [0.5, 0.6) is 0 Å². The lowest BCUT2D eigenvalue weighted by molar-refractivity contribution is 0.101. The van der Waals surface area contributed by atoms with Crippen LogP contribution in [0.4, 0.5) is 0 Å². The van der Waals surface area contributed by atoms with Crippen LogP contribution in [0, 0.1) is 18.3 Å². The third kappa shape index (κ3) is 3.78. The molecular weight excluding hydrogens is 334 g/mol. The van der Waals surface area contributed by atoms with Gasteiger partial charge in [-0.3, -0.25) is 4.79 Å². The second kappa shape index (κ2) is 7.67. The number of hydrogen-bond donors (Lipinski definition) is 0. The van der Waals surface area contributed by atoms with E-state index >= 15 is 0 Å². The first kappa shape index (κ1) is 18.1. The first-order valence-electron chi connectivity index (χ1n) is 8.55. The molecule has 0 aliphatic rings. The maximum absolute atomic E-state index is 11.9. The van der Waals surface area contributed by atoms with Crippen molar-refractivity contribution in [2.75, 3.05) is 0 Å². The molecule has 0 aliphatic carbocycles. The molecule has 132 valence electrons. The first-order chi connectivity index (χ1) is 13.0. The zero-order chi connectivity index (χ0) is 19.4. The molecule has 0 N–H and O–H groups in total. The summed E-state index contributed by atoms with van der Waals surface area (Å²) >= 11 is 0. The molecule has 1 aromatic heterocycles. The highest BCUT2D eigenvalue weighted by Crippen LogP contribution is 2.26. The maximum atomic E-state index is 11.9. The fourth-order valence-corrected chi connectivity index (χ4v) is 2.79. The Labute approximate surface area is 158 Å². The van der Waals surface area contributed by atoms with Gasteiger partial charge in [-0.2, -0.15) is 10.4 Å². The van der Waals surface area contributed by atoms with Gasteiger partial charge in [-0.1, -0.05) is 43.0 Å². The van der Waals surface area contributed by atoms with E-state index in [1.54, 1.807) is 29.0 Å². The summed E-state index contributed by atoms with van der Waals surface area (Å²) in [6.07, 6.45) is 3.71. The van der Waals surface area contributed by atoms with Crippen molar-refractivity contribution in [2.24, 2.45) is 0 Å². The van der Waals surface area contributed by atoms with Crippen LogP contribution >= 0.6 is 0 Å². The fraction of sp³-hybridized carbons (Fsp3) is 0.0870. The second-order valence-electron chi connectivity index (χ2n) is 6.20. The third-order valence-corrected chi connectivity index (χ3v) is 4.33. The molecule has 4 heteroatoms. The molecule has 0 saturated carbocycles. The highest BCUT2D eigenvalue weighted by molar-refractivity contribution is 5.94. The zero-order valence-electron chi connectivity index (χ0n) is 15.3. The average molecular weight is 353 g/mol. The molecule has 0 radical (unpaired) electrons. The summed E-state index contributed by atoms with van der Waals surface area (Å²) in [4.78, 5) is 11.9. The Morgan fingerprint density at radius 3 is 2.48 bits per heavy atom. The molecule has 0 atom stereocenters. The number of aromatic nitrogens is 2. The normalized spacial score (nSPS) is 11.1. The molecule has 0 fully saturated rings. The first-order valence-corrected chi connectivity index (χ1v) is 8.55. The zero-order valence-corrected chi connectivity index (χ0v) is 15.3. The van der Waals surface area contributed by atoms with Crippen molar-refractivity contribution in [1.29, 1.82) is 5.26 Å². The van der Waals surface area contributed by atoms with Crippen LogP contribution in [0.3, 0.4) is 0 Å². The lowest BCUT2D eigenvalue weighted by Crippen LogP contribution is -2.02. The van der Waals surface area contributed by atoms with E-state index in [2.05, 4.69) is 17.7 Å². The largest absolute Gasteiger partial charge is 0.293 e. The van der Waals surface area contributed by atoms with Crippen LogP contribution < -0.4 is 0 Å². The van der Waals surface area contributed by atoms with Gasteiger partial charge in [-0.25, -0.2) is 4.68 Å². The number of benzene rings is 2. The molecule has 0 unspecified atom stereocenters. The van der Waals surface area contributed by atoms with E-state index in [0.29, 0.717) is 11.3 Å². The van der Waals surface area contributed by atoms with Crippen molar-refractivity contribution in [1.82, 2.24) is 9.78 Å². The number of nitriles is 1. The van der Waals surface area contributed by atoms with Gasteiger partial charge < -0.3 is 0 Å². The van der Waals surface area contributed by atoms with Gasteiger partial charge in [0, 0.05) is 12.5 Å². The number of hydrogen-bond acceptors (Lipinski definition) is 3. The number of Topliss-reactive ketones (excluding diaryl/α,β-unsaturated/α-hetero) is 1. The molecule has 0 aliphatic heterocycles. The predicted octanol–water partition coefficient (Wildman–Crippen LogP) is 5.12. The summed E-state index contributed by atoms with van der Waals surface area (Å²) in [5.41, 5.74) is 5.55. The SMILES string of the molecule is C=C/C(=C\c1ccccc1C)n1nc(C(C)=O)cc1-c1ccc(C#N)cc1. The minimum Gasteiger partial charge on any atom is -0.293 e. The van der Waals surface area contributed by atoms with Crippen molar-refractivity contribution < 1.29 is 4.79 Å². The van der Waals surface area contributed by atoms with E-state index in [9.17, 15) is 4.79 Å². The molecule has 3 rings (SSSR count). The number of ketones is 1. The van der Waals surface area contributed by atoms with E-state index in [1.807, 2.05) is 49.4 Å². The summed E-state index contributed by atoms with van der Waals surface area (Å²) in [6.45, 7) is 7.46. The van der Waals surface area contributed by atoms with E-state index in [-0.39, 0.29) is 5.78 Å². The lowest BCUT2D eigenvalue weighted by Gasteiger charge is -2.10. The quantitative estimate of drug-likeness (QED) is 0.473. The van der Waals surface area contributed by atoms with E-state index < -0.39 is 0 Å². The van der Waals surface area contributed by atoms with Crippen molar-refractivity contribution in [2.45, 2.75) is 13.8 Å². The summed E-state index contributed by atoms with van der Waals surface area (Å²) < 4.78 is 1.72. The van der Waals surface area contributed by atoms with Gasteiger partial charge in [-0.05, 0) is 48.4 Å². The van der Waals surface area contributed by atoms with Crippen LogP contribution in [0.2, 0.25) is 0 Å². The van der Waals surface area contributed by atoms with Gasteiger partial charge in [0.15, 0.2) is 5.78 Å². The van der Waals surface area contributed by atoms with E-state index in [4.69, 9.17) is 5.26 Å². The monoisotopic (exact) mass is 353 g/mol. The topological polar surface area (TPSA) is 58.7 Å².